The number of carbonyl (C=O) groups excluding carboxylic acids is 2. The van der Waals surface area contributed by atoms with Crippen molar-refractivity contribution in [1.29, 1.82) is 0 Å². The molecule has 0 saturated carbocycles. The highest BCUT2D eigenvalue weighted by atomic mass is 35.5. The van der Waals surface area contributed by atoms with Gasteiger partial charge in [-0.1, -0.05) is 11.6 Å². The van der Waals surface area contributed by atoms with Crippen molar-refractivity contribution < 1.29 is 14.3 Å². The summed E-state index contributed by atoms with van der Waals surface area (Å²) in [7, 11) is 0. The summed E-state index contributed by atoms with van der Waals surface area (Å²) in [5, 5.41) is 4.04. The molecule has 2 aliphatic heterocycles. The van der Waals surface area contributed by atoms with Crippen LogP contribution in [-0.2, 0) is 27.3 Å². The largest absolute Gasteiger partial charge is 0.375 e. The molecule has 1 aromatic carbocycles. The number of nitrogens with zero attached hydrogens (tertiary/aromatic N) is 3. The van der Waals surface area contributed by atoms with E-state index in [1.807, 2.05) is 18.2 Å². The van der Waals surface area contributed by atoms with Gasteiger partial charge in [0.1, 0.15) is 6.33 Å². The number of likely N-dealkylation sites (tertiary alicyclic amines) is 1. The van der Waals surface area contributed by atoms with Crippen LogP contribution in [0.25, 0.3) is 21.5 Å². The Labute approximate surface area is 194 Å². The second kappa shape index (κ2) is 8.86. The summed E-state index contributed by atoms with van der Waals surface area (Å²) in [4.78, 5) is 35.4. The lowest BCUT2D eigenvalue weighted by molar-refractivity contribution is -0.138. The summed E-state index contributed by atoms with van der Waals surface area (Å²) >= 11 is 7.97. The number of nitrogens with one attached hydrogen (secondary N) is 1. The van der Waals surface area contributed by atoms with Crippen LogP contribution >= 0.6 is 22.9 Å². The number of fused-ring (bicyclic) bond motifs is 1. The Morgan fingerprint density at radius 2 is 2.03 bits per heavy atom. The number of halogens is 1. The van der Waals surface area contributed by atoms with E-state index in [9.17, 15) is 9.59 Å². The lowest BCUT2D eigenvalue weighted by Crippen LogP contribution is -2.39. The van der Waals surface area contributed by atoms with Crippen molar-refractivity contribution in [3.05, 3.63) is 45.6 Å². The number of aryl methyl sites for hydroxylation is 1. The van der Waals surface area contributed by atoms with Crippen LogP contribution in [0.3, 0.4) is 0 Å². The highest BCUT2D eigenvalue weighted by Gasteiger charge is 2.29. The van der Waals surface area contributed by atoms with Gasteiger partial charge in [0.05, 0.1) is 35.2 Å². The number of rotatable bonds is 5. The monoisotopic (exact) mass is 470 g/mol. The lowest BCUT2D eigenvalue weighted by atomic mass is 9.94. The molecule has 2 saturated heterocycles. The molecule has 2 aliphatic rings. The molecule has 0 unspecified atom stereocenters. The van der Waals surface area contributed by atoms with E-state index in [4.69, 9.17) is 16.3 Å². The van der Waals surface area contributed by atoms with Crippen LogP contribution in [0.2, 0.25) is 5.02 Å². The number of benzene rings is 1. The maximum Gasteiger partial charge on any atom is 0.230 e. The highest BCUT2D eigenvalue weighted by molar-refractivity contribution is 7.19. The van der Waals surface area contributed by atoms with Crippen molar-refractivity contribution in [2.24, 2.45) is 0 Å². The number of amides is 2. The first-order chi connectivity index (χ1) is 15.5. The second-order valence-electron chi connectivity index (χ2n) is 8.17. The fourth-order valence-electron chi connectivity index (χ4n) is 4.36. The van der Waals surface area contributed by atoms with Crippen molar-refractivity contribution in [3.63, 3.8) is 0 Å². The molecule has 0 spiro atoms. The first-order valence-electron chi connectivity index (χ1n) is 10.7. The van der Waals surface area contributed by atoms with Crippen LogP contribution in [0.4, 0.5) is 0 Å². The SMILES string of the molecule is Cc1cc(Cl)cc(-c2ncnc3cc(CN4C(=O)CCC4=O)sc23)c1C[C@@H]1CNCCO1. The summed E-state index contributed by atoms with van der Waals surface area (Å²) in [5.41, 5.74) is 4.84. The van der Waals surface area contributed by atoms with Gasteiger partial charge in [0, 0.05) is 47.8 Å². The zero-order valence-electron chi connectivity index (χ0n) is 17.7. The quantitative estimate of drug-likeness (QED) is 0.574. The fraction of sp³-hybridized carbons (Fsp3) is 0.391. The average Bonchev–Trinajstić information content (AvgIpc) is 3.34. The maximum atomic E-state index is 12.1. The van der Waals surface area contributed by atoms with Crippen molar-refractivity contribution in [2.75, 3.05) is 19.7 Å². The summed E-state index contributed by atoms with van der Waals surface area (Å²) in [6, 6.07) is 5.86. The first-order valence-corrected chi connectivity index (χ1v) is 11.9. The van der Waals surface area contributed by atoms with Crippen molar-refractivity contribution >= 4 is 45.0 Å². The normalized spacial score (nSPS) is 19.3. The number of carbonyl (C=O) groups is 2. The van der Waals surface area contributed by atoms with E-state index in [0.29, 0.717) is 11.6 Å². The minimum absolute atomic E-state index is 0.0887. The van der Waals surface area contributed by atoms with Crippen molar-refractivity contribution in [1.82, 2.24) is 20.2 Å². The number of ether oxygens (including phenoxy) is 1. The summed E-state index contributed by atoms with van der Waals surface area (Å²) in [6.45, 7) is 4.72. The number of aromatic nitrogens is 2. The predicted molar refractivity (Wildman–Crippen MR) is 124 cm³/mol. The zero-order valence-corrected chi connectivity index (χ0v) is 19.3. The topological polar surface area (TPSA) is 84.4 Å². The molecule has 2 aromatic heterocycles. The zero-order chi connectivity index (χ0) is 22.2. The van der Waals surface area contributed by atoms with E-state index in [2.05, 4.69) is 22.2 Å². The molecule has 2 fully saturated rings. The Morgan fingerprint density at radius 3 is 2.78 bits per heavy atom. The van der Waals surface area contributed by atoms with Gasteiger partial charge in [-0.3, -0.25) is 14.5 Å². The Kier molecular flexibility index (Phi) is 5.94. The molecule has 3 aromatic rings. The number of hydrogen-bond acceptors (Lipinski definition) is 7. The average molecular weight is 471 g/mol. The molecule has 0 aliphatic carbocycles. The van der Waals surface area contributed by atoms with Crippen molar-refractivity contribution in [3.8, 4) is 11.3 Å². The van der Waals surface area contributed by atoms with E-state index in [1.54, 1.807) is 6.33 Å². The molecule has 2 amide bonds. The molecule has 0 radical (unpaired) electrons. The van der Waals surface area contributed by atoms with E-state index < -0.39 is 0 Å². The third-order valence-corrected chi connectivity index (χ3v) is 7.29. The summed E-state index contributed by atoms with van der Waals surface area (Å²) < 4.78 is 6.87. The highest BCUT2D eigenvalue weighted by Crippen LogP contribution is 2.37. The first kappa shape index (κ1) is 21.5. The Bertz CT molecular complexity index is 1190. The van der Waals surface area contributed by atoms with Gasteiger partial charge in [0.2, 0.25) is 11.8 Å². The third-order valence-electron chi connectivity index (χ3n) is 5.96. The minimum Gasteiger partial charge on any atom is -0.375 e. The van der Waals surface area contributed by atoms with Crippen LogP contribution in [0.15, 0.2) is 24.5 Å². The molecular formula is C23H23ClN4O3S. The lowest BCUT2D eigenvalue weighted by Gasteiger charge is -2.25. The van der Waals surface area contributed by atoms with Gasteiger partial charge >= 0.3 is 0 Å². The molecule has 5 rings (SSSR count). The second-order valence-corrected chi connectivity index (χ2v) is 9.75. The smallest absolute Gasteiger partial charge is 0.230 e. The van der Waals surface area contributed by atoms with Gasteiger partial charge in [-0.05, 0) is 36.2 Å². The fourth-order valence-corrected chi connectivity index (χ4v) is 5.74. The standard InChI is InChI=1S/C23H23ClN4O3S/c1-13-6-14(24)7-18(17(13)8-15-10-25-4-5-31-15)22-23-19(26-12-27-22)9-16(32-23)11-28-20(29)2-3-21(28)30/h6-7,9,12,15,25H,2-5,8,10-11H2,1H3/t15-/m1/s1. The molecule has 1 atom stereocenters. The molecule has 0 bridgehead atoms. The van der Waals surface area contributed by atoms with Crippen LogP contribution < -0.4 is 5.32 Å². The van der Waals surface area contributed by atoms with Crippen LogP contribution in [0.5, 0.6) is 0 Å². The number of thiophene rings is 1. The van der Waals surface area contributed by atoms with E-state index in [-0.39, 0.29) is 37.3 Å². The van der Waals surface area contributed by atoms with Gasteiger partial charge in [0.15, 0.2) is 0 Å². The van der Waals surface area contributed by atoms with Gasteiger partial charge in [-0.2, -0.15) is 0 Å². The molecule has 7 nitrogen and oxygen atoms in total. The maximum absolute atomic E-state index is 12.1. The predicted octanol–water partition coefficient (Wildman–Crippen LogP) is 3.50. The Hall–Kier alpha value is -2.39. The van der Waals surface area contributed by atoms with Gasteiger partial charge in [-0.25, -0.2) is 9.97 Å². The summed E-state index contributed by atoms with van der Waals surface area (Å²) in [6.07, 6.45) is 2.98. The van der Waals surface area contributed by atoms with Crippen LogP contribution in [-0.4, -0.2) is 52.5 Å². The van der Waals surface area contributed by atoms with E-state index in [0.717, 1.165) is 57.0 Å². The van der Waals surface area contributed by atoms with E-state index >= 15 is 0 Å². The van der Waals surface area contributed by atoms with E-state index in [1.165, 1.54) is 16.2 Å². The van der Waals surface area contributed by atoms with Crippen LogP contribution in [0, 0.1) is 6.92 Å². The number of hydrogen-bond donors (Lipinski definition) is 1. The Morgan fingerprint density at radius 1 is 1.22 bits per heavy atom. The molecule has 1 N–H and O–H groups in total. The van der Waals surface area contributed by atoms with Crippen molar-refractivity contribution in [2.45, 2.75) is 38.8 Å². The minimum atomic E-state index is -0.118. The van der Waals surface area contributed by atoms with Gasteiger partial charge < -0.3 is 10.1 Å². The molecule has 166 valence electrons. The van der Waals surface area contributed by atoms with Gasteiger partial charge in [-0.15, -0.1) is 11.3 Å². The number of morpholine rings is 1. The van der Waals surface area contributed by atoms with Crippen LogP contribution in [0.1, 0.15) is 28.8 Å². The summed E-state index contributed by atoms with van der Waals surface area (Å²) in [5.74, 6) is -0.236. The third kappa shape index (κ3) is 4.15. The molecule has 4 heterocycles. The molecular weight excluding hydrogens is 448 g/mol. The van der Waals surface area contributed by atoms with Gasteiger partial charge in [0.25, 0.3) is 0 Å². The number of imide groups is 1. The molecule has 9 heteroatoms. The molecule has 32 heavy (non-hydrogen) atoms. The Balaban J connectivity index is 1.55.